The third kappa shape index (κ3) is 4.47. The highest BCUT2D eigenvalue weighted by Crippen LogP contribution is 2.25. The SMILES string of the molecule is [NH3+][C@@H](Cc1ccccc1)C(=O)N1CCC(C(=O)N2CCC[C@H]2C(=O)[O-])CC1. The minimum Gasteiger partial charge on any atom is -0.548 e. The van der Waals surface area contributed by atoms with Gasteiger partial charge in [0.05, 0.1) is 12.0 Å². The molecule has 1 aromatic carbocycles. The highest BCUT2D eigenvalue weighted by atomic mass is 16.4. The summed E-state index contributed by atoms with van der Waals surface area (Å²) in [5.74, 6) is -1.48. The largest absolute Gasteiger partial charge is 0.548 e. The summed E-state index contributed by atoms with van der Waals surface area (Å²) in [6.45, 7) is 1.51. The predicted molar refractivity (Wildman–Crippen MR) is 95.9 cm³/mol. The smallest absolute Gasteiger partial charge is 0.281 e. The lowest BCUT2D eigenvalue weighted by Crippen LogP contribution is -2.69. The Labute approximate surface area is 159 Å². The number of rotatable bonds is 5. The van der Waals surface area contributed by atoms with Crippen molar-refractivity contribution in [1.82, 2.24) is 9.80 Å². The molecular formula is C20H27N3O4. The van der Waals surface area contributed by atoms with Gasteiger partial charge in [-0.05, 0) is 31.2 Å². The Kier molecular flexibility index (Phi) is 6.11. The van der Waals surface area contributed by atoms with Gasteiger partial charge in [0.1, 0.15) is 0 Å². The molecule has 7 nitrogen and oxygen atoms in total. The van der Waals surface area contributed by atoms with E-state index in [0.717, 1.165) is 5.56 Å². The maximum Gasteiger partial charge on any atom is 0.281 e. The summed E-state index contributed by atoms with van der Waals surface area (Å²) in [5, 5.41) is 11.2. The number of carboxylic acids is 1. The molecule has 27 heavy (non-hydrogen) atoms. The maximum atomic E-state index is 12.7. The highest BCUT2D eigenvalue weighted by molar-refractivity contribution is 5.85. The summed E-state index contributed by atoms with van der Waals surface area (Å²) in [7, 11) is 0. The number of quaternary nitrogens is 1. The summed E-state index contributed by atoms with van der Waals surface area (Å²) in [6, 6.07) is 8.66. The normalized spacial score (nSPS) is 21.9. The van der Waals surface area contributed by atoms with Crippen LogP contribution in [0.15, 0.2) is 30.3 Å². The van der Waals surface area contributed by atoms with Crippen molar-refractivity contribution in [3.8, 4) is 0 Å². The van der Waals surface area contributed by atoms with E-state index in [2.05, 4.69) is 5.73 Å². The molecule has 0 bridgehead atoms. The summed E-state index contributed by atoms with van der Waals surface area (Å²) in [6.07, 6.45) is 2.90. The first-order valence-electron chi connectivity index (χ1n) is 9.64. The van der Waals surface area contributed by atoms with Crippen LogP contribution in [-0.4, -0.2) is 59.3 Å². The van der Waals surface area contributed by atoms with E-state index in [1.54, 1.807) is 4.90 Å². The topological polar surface area (TPSA) is 108 Å². The second-order valence-electron chi connectivity index (χ2n) is 7.49. The van der Waals surface area contributed by atoms with E-state index in [1.807, 2.05) is 30.3 Å². The van der Waals surface area contributed by atoms with Gasteiger partial charge in [-0.15, -0.1) is 0 Å². The maximum absolute atomic E-state index is 12.7. The summed E-state index contributed by atoms with van der Waals surface area (Å²) in [4.78, 5) is 39.8. The van der Waals surface area contributed by atoms with Crippen LogP contribution < -0.4 is 10.8 Å². The van der Waals surface area contributed by atoms with Gasteiger partial charge in [-0.1, -0.05) is 30.3 Å². The van der Waals surface area contributed by atoms with Gasteiger partial charge in [-0.3, -0.25) is 9.59 Å². The molecule has 0 aliphatic carbocycles. The highest BCUT2D eigenvalue weighted by Gasteiger charge is 2.36. The van der Waals surface area contributed by atoms with E-state index in [4.69, 9.17) is 0 Å². The molecule has 2 fully saturated rings. The minimum atomic E-state index is -1.17. The van der Waals surface area contributed by atoms with Crippen LogP contribution in [0, 0.1) is 5.92 Å². The number of benzene rings is 1. The molecule has 0 unspecified atom stereocenters. The lowest BCUT2D eigenvalue weighted by atomic mass is 9.94. The quantitative estimate of drug-likeness (QED) is 0.701. The van der Waals surface area contributed by atoms with Crippen molar-refractivity contribution in [1.29, 1.82) is 0 Å². The van der Waals surface area contributed by atoms with E-state index in [-0.39, 0.29) is 23.8 Å². The van der Waals surface area contributed by atoms with Gasteiger partial charge in [0.15, 0.2) is 6.04 Å². The number of piperidine rings is 1. The molecule has 146 valence electrons. The first-order valence-corrected chi connectivity index (χ1v) is 9.64. The molecule has 3 rings (SSSR count). The molecule has 2 heterocycles. The van der Waals surface area contributed by atoms with Gasteiger partial charge in [0.2, 0.25) is 5.91 Å². The predicted octanol–water partition coefficient (Wildman–Crippen LogP) is -1.18. The van der Waals surface area contributed by atoms with Crippen LogP contribution in [0.5, 0.6) is 0 Å². The average Bonchev–Trinajstić information content (AvgIpc) is 3.18. The number of carbonyl (C=O) groups is 3. The summed E-state index contributed by atoms with van der Waals surface area (Å²) >= 11 is 0. The molecular weight excluding hydrogens is 346 g/mol. The lowest BCUT2D eigenvalue weighted by Gasteiger charge is -2.35. The van der Waals surface area contributed by atoms with Gasteiger partial charge in [-0.25, -0.2) is 0 Å². The lowest BCUT2D eigenvalue weighted by molar-refractivity contribution is -0.405. The number of carbonyl (C=O) groups excluding carboxylic acids is 3. The number of hydrogen-bond donors (Lipinski definition) is 1. The van der Waals surface area contributed by atoms with Crippen LogP contribution in [-0.2, 0) is 20.8 Å². The van der Waals surface area contributed by atoms with Gasteiger partial charge >= 0.3 is 0 Å². The molecule has 2 atom stereocenters. The Hall–Kier alpha value is -2.41. The van der Waals surface area contributed by atoms with Crippen LogP contribution in [0.2, 0.25) is 0 Å². The molecule has 0 radical (unpaired) electrons. The summed E-state index contributed by atoms with van der Waals surface area (Å²) < 4.78 is 0. The Balaban J connectivity index is 1.51. The van der Waals surface area contributed by atoms with E-state index >= 15 is 0 Å². The first-order chi connectivity index (χ1) is 13.0. The second-order valence-corrected chi connectivity index (χ2v) is 7.49. The van der Waals surface area contributed by atoms with Crippen molar-refractivity contribution in [3.63, 3.8) is 0 Å². The van der Waals surface area contributed by atoms with Crippen molar-refractivity contribution < 1.29 is 25.2 Å². The Morgan fingerprint density at radius 2 is 1.74 bits per heavy atom. The molecule has 0 spiro atoms. The van der Waals surface area contributed by atoms with Gasteiger partial charge in [-0.2, -0.15) is 0 Å². The van der Waals surface area contributed by atoms with Crippen molar-refractivity contribution in [2.75, 3.05) is 19.6 Å². The number of nitrogens with zero attached hydrogens (tertiary/aromatic N) is 2. The van der Waals surface area contributed by atoms with Crippen LogP contribution in [0.1, 0.15) is 31.2 Å². The van der Waals surface area contributed by atoms with E-state index in [0.29, 0.717) is 51.7 Å². The molecule has 2 aliphatic rings. The molecule has 2 aliphatic heterocycles. The van der Waals surface area contributed by atoms with E-state index in [9.17, 15) is 19.5 Å². The van der Waals surface area contributed by atoms with Crippen molar-refractivity contribution in [2.45, 2.75) is 44.2 Å². The monoisotopic (exact) mass is 373 g/mol. The number of aliphatic carboxylic acids is 1. The Morgan fingerprint density at radius 1 is 1.07 bits per heavy atom. The number of hydrogen-bond acceptors (Lipinski definition) is 4. The van der Waals surface area contributed by atoms with Crippen molar-refractivity contribution in [3.05, 3.63) is 35.9 Å². The van der Waals surface area contributed by atoms with Gasteiger partial charge in [0.25, 0.3) is 5.91 Å². The van der Waals surface area contributed by atoms with Crippen LogP contribution in [0.25, 0.3) is 0 Å². The average molecular weight is 373 g/mol. The molecule has 1 aromatic rings. The zero-order chi connectivity index (χ0) is 19.4. The van der Waals surface area contributed by atoms with E-state index < -0.39 is 12.0 Å². The fourth-order valence-electron chi connectivity index (χ4n) is 4.10. The molecule has 2 saturated heterocycles. The number of carboxylic acid groups (broad SMARTS) is 1. The van der Waals surface area contributed by atoms with Gasteiger partial charge in [0, 0.05) is 32.0 Å². The zero-order valence-corrected chi connectivity index (χ0v) is 15.5. The third-order valence-electron chi connectivity index (χ3n) is 5.64. The van der Waals surface area contributed by atoms with E-state index in [1.165, 1.54) is 4.90 Å². The van der Waals surface area contributed by atoms with Crippen molar-refractivity contribution in [2.24, 2.45) is 5.92 Å². The van der Waals surface area contributed by atoms with Gasteiger partial charge < -0.3 is 25.4 Å². The zero-order valence-electron chi connectivity index (χ0n) is 15.5. The fraction of sp³-hybridized carbons (Fsp3) is 0.550. The summed E-state index contributed by atoms with van der Waals surface area (Å²) in [5.41, 5.74) is 5.10. The molecule has 0 saturated carbocycles. The molecule has 0 aromatic heterocycles. The Bertz CT molecular complexity index is 686. The van der Waals surface area contributed by atoms with Crippen LogP contribution in [0.3, 0.4) is 0 Å². The Morgan fingerprint density at radius 3 is 2.37 bits per heavy atom. The standard InChI is InChI=1S/C20H27N3O4/c21-16(13-14-5-2-1-3-6-14)19(25)22-11-8-15(9-12-22)18(24)23-10-4-7-17(23)20(26)27/h1-3,5-6,15-17H,4,7-13,21H2,(H,26,27)/t16-,17-/m0/s1. The second kappa shape index (κ2) is 8.52. The van der Waals surface area contributed by atoms with Crippen molar-refractivity contribution >= 4 is 17.8 Å². The molecule has 7 heteroatoms. The molecule has 3 N–H and O–H groups in total. The number of amides is 2. The van der Waals surface area contributed by atoms with Crippen LogP contribution in [0.4, 0.5) is 0 Å². The first kappa shape index (κ1) is 19.4. The minimum absolute atomic E-state index is 0.0125. The molecule has 2 amide bonds. The fourth-order valence-corrected chi connectivity index (χ4v) is 4.10. The van der Waals surface area contributed by atoms with Crippen LogP contribution >= 0.6 is 0 Å². The number of likely N-dealkylation sites (tertiary alicyclic amines) is 2. The third-order valence-corrected chi connectivity index (χ3v) is 5.64.